The average molecular weight is 132 g/mol. The van der Waals surface area contributed by atoms with Crippen LogP contribution in [0.15, 0.2) is 0 Å². The highest BCUT2D eigenvalue weighted by Crippen LogP contribution is 2.29. The molecule has 54 valence electrons. The summed E-state index contributed by atoms with van der Waals surface area (Å²) in [6.07, 6.45) is -0.721. The molecule has 3 nitrogen and oxygen atoms in total. The third-order valence-electron chi connectivity index (χ3n) is 1.95. The lowest BCUT2D eigenvalue weighted by Crippen LogP contribution is -2.38. The van der Waals surface area contributed by atoms with Crippen molar-refractivity contribution < 1.29 is 15.3 Å². The first kappa shape index (κ1) is 6.99. The van der Waals surface area contributed by atoms with Gasteiger partial charge in [-0.15, -0.1) is 0 Å². The molecule has 1 saturated carbocycles. The molecule has 0 bridgehead atoms. The quantitative estimate of drug-likeness (QED) is 0.406. The second-order valence-corrected chi connectivity index (χ2v) is 2.91. The van der Waals surface area contributed by atoms with Crippen LogP contribution in [0.1, 0.15) is 19.8 Å². The minimum atomic E-state index is -1.07. The van der Waals surface area contributed by atoms with Gasteiger partial charge in [0.25, 0.3) is 0 Å². The monoisotopic (exact) mass is 132 g/mol. The Balaban J connectivity index is 2.62. The van der Waals surface area contributed by atoms with E-state index in [0.29, 0.717) is 12.8 Å². The Bertz CT molecular complexity index is 111. The van der Waals surface area contributed by atoms with Crippen LogP contribution in [0.25, 0.3) is 0 Å². The van der Waals surface area contributed by atoms with Crippen molar-refractivity contribution >= 4 is 0 Å². The third kappa shape index (κ3) is 1.08. The largest absolute Gasteiger partial charge is 0.390 e. The molecule has 0 amide bonds. The topological polar surface area (TPSA) is 60.7 Å². The lowest BCUT2D eigenvalue weighted by atomic mass is 10.0. The van der Waals surface area contributed by atoms with Crippen LogP contribution in [0.2, 0.25) is 0 Å². The Morgan fingerprint density at radius 2 is 2.00 bits per heavy atom. The molecule has 1 rings (SSSR count). The van der Waals surface area contributed by atoms with Crippen LogP contribution < -0.4 is 0 Å². The SMILES string of the molecule is C[C@@]1(O)CC[C@H](O)[C@H]1O. The van der Waals surface area contributed by atoms with Gasteiger partial charge in [0.1, 0.15) is 6.10 Å². The summed E-state index contributed by atoms with van der Waals surface area (Å²) in [6, 6.07) is 0. The summed E-state index contributed by atoms with van der Waals surface area (Å²) in [6.45, 7) is 1.54. The van der Waals surface area contributed by atoms with Crippen molar-refractivity contribution in [1.29, 1.82) is 0 Å². The van der Waals surface area contributed by atoms with E-state index < -0.39 is 17.8 Å². The summed E-state index contributed by atoms with van der Waals surface area (Å²) in [5.41, 5.74) is -1.07. The molecule has 0 aromatic rings. The Morgan fingerprint density at radius 3 is 2.11 bits per heavy atom. The molecule has 0 saturated heterocycles. The molecule has 0 heterocycles. The van der Waals surface area contributed by atoms with Gasteiger partial charge in [-0.3, -0.25) is 0 Å². The van der Waals surface area contributed by atoms with Gasteiger partial charge in [0.2, 0.25) is 0 Å². The van der Waals surface area contributed by atoms with Crippen molar-refractivity contribution in [2.75, 3.05) is 0 Å². The first-order chi connectivity index (χ1) is 4.04. The molecule has 3 heteroatoms. The van der Waals surface area contributed by atoms with E-state index in [1.807, 2.05) is 0 Å². The third-order valence-corrected chi connectivity index (χ3v) is 1.95. The maximum Gasteiger partial charge on any atom is 0.108 e. The molecule has 1 fully saturated rings. The van der Waals surface area contributed by atoms with Gasteiger partial charge in [-0.05, 0) is 19.8 Å². The molecule has 0 aliphatic heterocycles. The molecule has 1 aliphatic rings. The Labute approximate surface area is 53.9 Å². The summed E-state index contributed by atoms with van der Waals surface area (Å²) in [7, 11) is 0. The maximum atomic E-state index is 9.22. The van der Waals surface area contributed by atoms with Gasteiger partial charge in [0.05, 0.1) is 11.7 Å². The highest BCUT2D eigenvalue weighted by molar-refractivity contribution is 4.94. The Hall–Kier alpha value is -0.120. The van der Waals surface area contributed by atoms with Gasteiger partial charge in [0, 0.05) is 0 Å². The zero-order valence-electron chi connectivity index (χ0n) is 5.41. The second-order valence-electron chi connectivity index (χ2n) is 2.91. The number of hydrogen-bond acceptors (Lipinski definition) is 3. The fourth-order valence-electron chi connectivity index (χ4n) is 1.16. The number of rotatable bonds is 0. The van der Waals surface area contributed by atoms with Gasteiger partial charge in [-0.25, -0.2) is 0 Å². The maximum absolute atomic E-state index is 9.22. The van der Waals surface area contributed by atoms with Gasteiger partial charge < -0.3 is 15.3 Å². The minimum absolute atomic E-state index is 0.481. The summed E-state index contributed by atoms with van der Waals surface area (Å²) in [5.74, 6) is 0. The first-order valence-corrected chi connectivity index (χ1v) is 3.12. The Kier molecular flexibility index (Phi) is 1.50. The molecule has 0 aromatic carbocycles. The van der Waals surface area contributed by atoms with Crippen LogP contribution in [-0.4, -0.2) is 33.1 Å². The van der Waals surface area contributed by atoms with Crippen molar-refractivity contribution in [3.8, 4) is 0 Å². The molecule has 3 atom stereocenters. The molecule has 0 radical (unpaired) electrons. The van der Waals surface area contributed by atoms with Crippen LogP contribution in [0, 0.1) is 0 Å². The molecular formula is C6H12O3. The Morgan fingerprint density at radius 1 is 1.44 bits per heavy atom. The van der Waals surface area contributed by atoms with E-state index in [4.69, 9.17) is 10.2 Å². The zero-order valence-corrected chi connectivity index (χ0v) is 5.41. The summed E-state index contributed by atoms with van der Waals surface area (Å²) in [4.78, 5) is 0. The van der Waals surface area contributed by atoms with Crippen LogP contribution >= 0.6 is 0 Å². The van der Waals surface area contributed by atoms with Crippen LogP contribution in [0.4, 0.5) is 0 Å². The van der Waals surface area contributed by atoms with Gasteiger partial charge >= 0.3 is 0 Å². The van der Waals surface area contributed by atoms with E-state index in [-0.39, 0.29) is 0 Å². The van der Waals surface area contributed by atoms with Crippen LogP contribution in [-0.2, 0) is 0 Å². The lowest BCUT2D eigenvalue weighted by Gasteiger charge is -2.21. The van der Waals surface area contributed by atoms with E-state index >= 15 is 0 Å². The molecule has 0 unspecified atom stereocenters. The first-order valence-electron chi connectivity index (χ1n) is 3.12. The van der Waals surface area contributed by atoms with Gasteiger partial charge in [-0.1, -0.05) is 0 Å². The smallest absolute Gasteiger partial charge is 0.108 e. The van der Waals surface area contributed by atoms with Crippen LogP contribution in [0.5, 0.6) is 0 Å². The lowest BCUT2D eigenvalue weighted by molar-refractivity contribution is -0.0752. The second kappa shape index (κ2) is 1.94. The standard InChI is InChI=1S/C6H12O3/c1-6(9)3-2-4(7)5(6)8/h4-5,7-9H,2-3H2,1H3/t4-,5+,6+/m0/s1. The fourth-order valence-corrected chi connectivity index (χ4v) is 1.16. The van der Waals surface area contributed by atoms with Crippen molar-refractivity contribution in [2.24, 2.45) is 0 Å². The van der Waals surface area contributed by atoms with E-state index in [1.54, 1.807) is 0 Å². The number of aliphatic hydroxyl groups is 3. The summed E-state index contributed by atoms with van der Waals surface area (Å²) < 4.78 is 0. The fraction of sp³-hybridized carbons (Fsp3) is 1.00. The van der Waals surface area contributed by atoms with Crippen molar-refractivity contribution in [1.82, 2.24) is 0 Å². The normalized spacial score (nSPS) is 52.0. The molecule has 0 spiro atoms. The van der Waals surface area contributed by atoms with E-state index in [1.165, 1.54) is 6.92 Å². The van der Waals surface area contributed by atoms with Gasteiger partial charge in [0.15, 0.2) is 0 Å². The molecule has 3 N–H and O–H groups in total. The highest BCUT2D eigenvalue weighted by Gasteiger charge is 2.41. The van der Waals surface area contributed by atoms with Crippen molar-refractivity contribution in [3.05, 3.63) is 0 Å². The van der Waals surface area contributed by atoms with Crippen LogP contribution in [0.3, 0.4) is 0 Å². The molecule has 9 heavy (non-hydrogen) atoms. The van der Waals surface area contributed by atoms with E-state index in [9.17, 15) is 5.11 Å². The minimum Gasteiger partial charge on any atom is -0.390 e. The summed E-state index contributed by atoms with van der Waals surface area (Å²) >= 11 is 0. The zero-order chi connectivity index (χ0) is 7.07. The number of hydrogen-bond donors (Lipinski definition) is 3. The van der Waals surface area contributed by atoms with Crippen molar-refractivity contribution in [2.45, 2.75) is 37.6 Å². The average Bonchev–Trinajstić information content (AvgIpc) is 1.97. The predicted octanol–water partition coefficient (Wildman–Crippen LogP) is -0.747. The van der Waals surface area contributed by atoms with E-state index in [0.717, 1.165) is 0 Å². The summed E-state index contributed by atoms with van der Waals surface area (Å²) in [5, 5.41) is 27.2. The number of aliphatic hydroxyl groups excluding tert-OH is 2. The predicted molar refractivity (Wildman–Crippen MR) is 31.9 cm³/mol. The molecule has 1 aliphatic carbocycles. The van der Waals surface area contributed by atoms with Crippen molar-refractivity contribution in [3.63, 3.8) is 0 Å². The molecular weight excluding hydrogens is 120 g/mol. The molecule has 0 aromatic heterocycles. The van der Waals surface area contributed by atoms with E-state index in [2.05, 4.69) is 0 Å². The highest BCUT2D eigenvalue weighted by atomic mass is 16.4. The van der Waals surface area contributed by atoms with Gasteiger partial charge in [-0.2, -0.15) is 0 Å².